The van der Waals surface area contributed by atoms with Crippen LogP contribution < -0.4 is 4.90 Å². The van der Waals surface area contributed by atoms with Crippen molar-refractivity contribution in [2.75, 3.05) is 18.0 Å². The second kappa shape index (κ2) is 6.94. The molecule has 0 saturated carbocycles. The first kappa shape index (κ1) is 17.2. The molecule has 0 bridgehead atoms. The van der Waals surface area contributed by atoms with E-state index in [9.17, 15) is 4.39 Å². The second-order valence-corrected chi connectivity index (χ2v) is 7.98. The molecule has 4 heterocycles. The zero-order valence-electron chi connectivity index (χ0n) is 15.4. The van der Waals surface area contributed by atoms with Gasteiger partial charge in [-0.1, -0.05) is 12.1 Å². The van der Waals surface area contributed by atoms with E-state index in [-0.39, 0.29) is 5.82 Å². The molecular formula is C20H19FN6S. The number of aromatic nitrogens is 5. The topological polar surface area (TPSA) is 59.7 Å². The number of halogens is 1. The van der Waals surface area contributed by atoms with Gasteiger partial charge < -0.3 is 9.47 Å². The molecule has 1 saturated heterocycles. The average molecular weight is 394 g/mol. The number of anilines is 1. The predicted octanol–water partition coefficient (Wildman–Crippen LogP) is 4.01. The summed E-state index contributed by atoms with van der Waals surface area (Å²) in [6, 6.07) is 6.61. The lowest BCUT2D eigenvalue weighted by molar-refractivity contribution is 0.478. The summed E-state index contributed by atoms with van der Waals surface area (Å²) in [4.78, 5) is 12.4. The summed E-state index contributed by atoms with van der Waals surface area (Å²) >= 11 is 1.59. The zero-order valence-corrected chi connectivity index (χ0v) is 16.2. The Morgan fingerprint density at radius 3 is 2.82 bits per heavy atom. The summed E-state index contributed by atoms with van der Waals surface area (Å²) in [7, 11) is 1.99. The van der Waals surface area contributed by atoms with Gasteiger partial charge in [0.1, 0.15) is 34.9 Å². The summed E-state index contributed by atoms with van der Waals surface area (Å²) in [5, 5.41) is 11.5. The summed E-state index contributed by atoms with van der Waals surface area (Å²) < 4.78 is 15.4. The van der Waals surface area contributed by atoms with E-state index < -0.39 is 0 Å². The van der Waals surface area contributed by atoms with E-state index in [1.807, 2.05) is 23.7 Å². The zero-order chi connectivity index (χ0) is 19.1. The van der Waals surface area contributed by atoms with E-state index in [1.54, 1.807) is 24.0 Å². The molecule has 8 heteroatoms. The SMILES string of the molecule is Cn1cnnc1[C@@H]1CCCN(c2ncnc3scc(-c4ccc(F)cc4)c23)C1. The normalized spacial score (nSPS) is 17.4. The molecule has 28 heavy (non-hydrogen) atoms. The number of hydrogen-bond acceptors (Lipinski definition) is 6. The van der Waals surface area contributed by atoms with Gasteiger partial charge in [-0.15, -0.1) is 21.5 Å². The third kappa shape index (κ3) is 2.93. The van der Waals surface area contributed by atoms with Crippen molar-refractivity contribution in [2.45, 2.75) is 18.8 Å². The number of benzene rings is 1. The van der Waals surface area contributed by atoms with E-state index in [1.165, 1.54) is 12.1 Å². The lowest BCUT2D eigenvalue weighted by atomic mass is 9.96. The van der Waals surface area contributed by atoms with E-state index in [0.717, 1.165) is 58.9 Å². The first-order valence-corrected chi connectivity index (χ1v) is 10.2. The van der Waals surface area contributed by atoms with Gasteiger partial charge in [0, 0.05) is 37.0 Å². The van der Waals surface area contributed by atoms with E-state index >= 15 is 0 Å². The highest BCUT2D eigenvalue weighted by Gasteiger charge is 2.27. The maximum absolute atomic E-state index is 13.4. The maximum atomic E-state index is 13.4. The molecule has 6 nitrogen and oxygen atoms in total. The number of hydrogen-bond donors (Lipinski definition) is 0. The Morgan fingerprint density at radius 2 is 2.04 bits per heavy atom. The maximum Gasteiger partial charge on any atom is 0.141 e. The van der Waals surface area contributed by atoms with Crippen molar-refractivity contribution in [3.05, 3.63) is 53.9 Å². The van der Waals surface area contributed by atoms with E-state index in [4.69, 9.17) is 0 Å². The minimum absolute atomic E-state index is 0.234. The van der Waals surface area contributed by atoms with E-state index in [2.05, 4.69) is 30.4 Å². The van der Waals surface area contributed by atoms with Gasteiger partial charge in [0.05, 0.1) is 5.39 Å². The van der Waals surface area contributed by atoms with Crippen LogP contribution in [0.15, 0.2) is 42.3 Å². The number of rotatable bonds is 3. The molecule has 1 aliphatic heterocycles. The van der Waals surface area contributed by atoms with Crippen LogP contribution in [-0.2, 0) is 7.05 Å². The Kier molecular flexibility index (Phi) is 4.27. The van der Waals surface area contributed by atoms with Crippen LogP contribution in [0.4, 0.5) is 10.2 Å². The molecular weight excluding hydrogens is 375 g/mol. The number of piperidine rings is 1. The Hall–Kier alpha value is -2.87. The molecule has 0 amide bonds. The van der Waals surface area contributed by atoms with Crippen LogP contribution in [0.25, 0.3) is 21.3 Å². The lowest BCUT2D eigenvalue weighted by Gasteiger charge is -2.33. The highest BCUT2D eigenvalue weighted by molar-refractivity contribution is 7.17. The minimum Gasteiger partial charge on any atom is -0.355 e. The number of aryl methyl sites for hydroxylation is 1. The van der Waals surface area contributed by atoms with E-state index in [0.29, 0.717) is 5.92 Å². The molecule has 0 N–H and O–H groups in total. The highest BCUT2D eigenvalue weighted by Crippen LogP contribution is 2.39. The van der Waals surface area contributed by atoms with Crippen molar-refractivity contribution < 1.29 is 4.39 Å². The number of fused-ring (bicyclic) bond motifs is 1. The summed E-state index contributed by atoms with van der Waals surface area (Å²) in [6.45, 7) is 1.79. The standard InChI is InChI=1S/C20H19FN6S/c1-26-12-24-25-18(26)14-3-2-8-27(9-14)19-17-16(10-28-20(17)23-11-22-19)13-4-6-15(21)7-5-13/h4-7,10-12,14H,2-3,8-9H2,1H3/t14-/m1/s1. The Balaban J connectivity index is 1.56. The molecule has 3 aromatic heterocycles. The van der Waals surface area contributed by atoms with Gasteiger partial charge in [-0.05, 0) is 30.5 Å². The van der Waals surface area contributed by atoms with Gasteiger partial charge >= 0.3 is 0 Å². The lowest BCUT2D eigenvalue weighted by Crippen LogP contribution is -2.36. The third-order valence-electron chi connectivity index (χ3n) is 5.34. The first-order valence-electron chi connectivity index (χ1n) is 9.27. The fraction of sp³-hybridized carbons (Fsp3) is 0.300. The van der Waals surface area contributed by atoms with Gasteiger partial charge in [-0.25, -0.2) is 14.4 Å². The molecule has 1 atom stereocenters. The molecule has 1 fully saturated rings. The quantitative estimate of drug-likeness (QED) is 0.525. The summed E-state index contributed by atoms with van der Waals surface area (Å²) in [6.07, 6.45) is 5.54. The minimum atomic E-state index is -0.234. The van der Waals surface area contributed by atoms with Crippen molar-refractivity contribution in [3.63, 3.8) is 0 Å². The third-order valence-corrected chi connectivity index (χ3v) is 6.22. The van der Waals surface area contributed by atoms with Crippen molar-refractivity contribution >= 4 is 27.4 Å². The monoisotopic (exact) mass is 394 g/mol. The van der Waals surface area contributed by atoms with Gasteiger partial charge in [0.15, 0.2) is 0 Å². The van der Waals surface area contributed by atoms with Crippen LogP contribution in [0.2, 0.25) is 0 Å². The van der Waals surface area contributed by atoms with Gasteiger partial charge in [0.2, 0.25) is 0 Å². The molecule has 1 aliphatic rings. The molecule has 0 spiro atoms. The molecule has 0 radical (unpaired) electrons. The fourth-order valence-corrected chi connectivity index (χ4v) is 4.89. The van der Waals surface area contributed by atoms with Crippen LogP contribution in [-0.4, -0.2) is 37.8 Å². The average Bonchev–Trinajstić information content (AvgIpc) is 3.35. The fourth-order valence-electron chi connectivity index (χ4n) is 3.98. The predicted molar refractivity (Wildman–Crippen MR) is 108 cm³/mol. The van der Waals surface area contributed by atoms with Gasteiger partial charge in [-0.3, -0.25) is 0 Å². The number of nitrogens with zero attached hydrogens (tertiary/aromatic N) is 6. The Bertz CT molecular complexity index is 1120. The van der Waals surface area contributed by atoms with Crippen LogP contribution >= 0.6 is 11.3 Å². The first-order chi connectivity index (χ1) is 13.7. The van der Waals surface area contributed by atoms with Gasteiger partial charge in [0.25, 0.3) is 0 Å². The van der Waals surface area contributed by atoms with Crippen molar-refractivity contribution in [1.29, 1.82) is 0 Å². The van der Waals surface area contributed by atoms with Crippen molar-refractivity contribution in [2.24, 2.45) is 7.05 Å². The molecule has 0 aliphatic carbocycles. The summed E-state index contributed by atoms with van der Waals surface area (Å²) in [5.41, 5.74) is 2.03. The van der Waals surface area contributed by atoms with Crippen LogP contribution in [0.5, 0.6) is 0 Å². The molecule has 0 unspecified atom stereocenters. The van der Waals surface area contributed by atoms with Crippen molar-refractivity contribution in [1.82, 2.24) is 24.7 Å². The Morgan fingerprint density at radius 1 is 1.18 bits per heavy atom. The smallest absolute Gasteiger partial charge is 0.141 e. The van der Waals surface area contributed by atoms with Crippen molar-refractivity contribution in [3.8, 4) is 11.1 Å². The summed E-state index contributed by atoms with van der Waals surface area (Å²) in [5.74, 6) is 2.04. The van der Waals surface area contributed by atoms with Crippen LogP contribution in [0, 0.1) is 5.82 Å². The Labute approximate surface area is 165 Å². The van der Waals surface area contributed by atoms with Crippen LogP contribution in [0.1, 0.15) is 24.6 Å². The molecule has 1 aromatic carbocycles. The molecule has 4 aromatic rings. The largest absolute Gasteiger partial charge is 0.355 e. The number of thiophene rings is 1. The second-order valence-electron chi connectivity index (χ2n) is 7.12. The molecule has 5 rings (SSSR count). The van der Waals surface area contributed by atoms with Crippen LogP contribution in [0.3, 0.4) is 0 Å². The highest BCUT2D eigenvalue weighted by atomic mass is 32.1. The molecule has 142 valence electrons. The van der Waals surface area contributed by atoms with Gasteiger partial charge in [-0.2, -0.15) is 0 Å².